The molecule has 5 heteroatoms. The predicted molar refractivity (Wildman–Crippen MR) is 69.3 cm³/mol. The van der Waals surface area contributed by atoms with Crippen LogP contribution in [-0.2, 0) is 4.79 Å². The second kappa shape index (κ2) is 5.38. The molecule has 102 valence electrons. The van der Waals surface area contributed by atoms with Crippen molar-refractivity contribution >= 4 is 11.8 Å². The number of benzene rings is 1. The van der Waals surface area contributed by atoms with E-state index in [1.165, 1.54) is 6.07 Å². The van der Waals surface area contributed by atoms with Gasteiger partial charge in [0.05, 0.1) is 6.04 Å². The van der Waals surface area contributed by atoms with Crippen molar-refractivity contribution in [1.82, 2.24) is 10.2 Å². The van der Waals surface area contributed by atoms with E-state index in [0.29, 0.717) is 25.1 Å². The molecule has 1 N–H and O–H groups in total. The molecule has 1 heterocycles. The van der Waals surface area contributed by atoms with E-state index in [4.69, 9.17) is 0 Å². The van der Waals surface area contributed by atoms with Crippen LogP contribution in [-0.4, -0.2) is 35.8 Å². The Morgan fingerprint density at radius 3 is 2.84 bits per heavy atom. The molecule has 2 rings (SSSR count). The van der Waals surface area contributed by atoms with Gasteiger partial charge in [0.1, 0.15) is 5.82 Å². The molecule has 0 aromatic heterocycles. The van der Waals surface area contributed by atoms with Crippen LogP contribution in [0.1, 0.15) is 29.3 Å². The van der Waals surface area contributed by atoms with Gasteiger partial charge in [0, 0.05) is 25.1 Å². The van der Waals surface area contributed by atoms with Gasteiger partial charge in [0.15, 0.2) is 0 Å². The quantitative estimate of drug-likeness (QED) is 0.899. The van der Waals surface area contributed by atoms with Gasteiger partial charge in [-0.05, 0) is 31.5 Å². The van der Waals surface area contributed by atoms with Crippen LogP contribution in [0, 0.1) is 12.7 Å². The summed E-state index contributed by atoms with van der Waals surface area (Å²) in [5.41, 5.74) is 0.787. The van der Waals surface area contributed by atoms with Crippen LogP contribution in [0.4, 0.5) is 4.39 Å². The van der Waals surface area contributed by atoms with Crippen LogP contribution in [0.15, 0.2) is 18.2 Å². The molecule has 1 saturated heterocycles. The van der Waals surface area contributed by atoms with Gasteiger partial charge in [-0.1, -0.05) is 6.07 Å². The Kier molecular flexibility index (Phi) is 3.83. The summed E-state index contributed by atoms with van der Waals surface area (Å²) in [4.78, 5) is 25.2. The van der Waals surface area contributed by atoms with E-state index in [2.05, 4.69) is 5.32 Å². The van der Waals surface area contributed by atoms with Gasteiger partial charge in [0.25, 0.3) is 5.91 Å². The lowest BCUT2D eigenvalue weighted by Gasteiger charge is -2.14. The lowest BCUT2D eigenvalue weighted by Crippen LogP contribution is -2.37. The summed E-state index contributed by atoms with van der Waals surface area (Å²) >= 11 is 0. The highest BCUT2D eigenvalue weighted by molar-refractivity contribution is 5.95. The zero-order chi connectivity index (χ0) is 14.0. The Balaban J connectivity index is 2.02. The molecule has 2 amide bonds. The second-order valence-electron chi connectivity index (χ2n) is 4.77. The molecule has 4 nitrogen and oxygen atoms in total. The molecule has 1 aliphatic heterocycles. The molecule has 1 unspecified atom stereocenters. The number of hydrogen-bond acceptors (Lipinski definition) is 2. The van der Waals surface area contributed by atoms with E-state index >= 15 is 0 Å². The first-order chi connectivity index (χ1) is 9.01. The van der Waals surface area contributed by atoms with Crippen molar-refractivity contribution in [2.24, 2.45) is 0 Å². The van der Waals surface area contributed by atoms with Gasteiger partial charge in [-0.2, -0.15) is 0 Å². The minimum Gasteiger partial charge on any atom is -0.347 e. The molecule has 19 heavy (non-hydrogen) atoms. The topological polar surface area (TPSA) is 49.4 Å². The van der Waals surface area contributed by atoms with Gasteiger partial charge in [-0.3, -0.25) is 9.59 Å². The summed E-state index contributed by atoms with van der Waals surface area (Å²) in [5, 5.41) is 2.77. The van der Waals surface area contributed by atoms with Gasteiger partial charge in [-0.15, -0.1) is 0 Å². The first-order valence-corrected chi connectivity index (χ1v) is 6.36. The zero-order valence-electron chi connectivity index (χ0n) is 11.1. The highest BCUT2D eigenvalue weighted by Crippen LogP contribution is 2.13. The van der Waals surface area contributed by atoms with Crippen molar-refractivity contribution < 1.29 is 14.0 Å². The first-order valence-electron chi connectivity index (χ1n) is 6.36. The minimum atomic E-state index is -0.398. The SMILES string of the molecule is CCN1CC(NC(=O)c2ccc(C)c(F)c2)CC1=O. The molecule has 1 aromatic rings. The maximum absolute atomic E-state index is 13.4. The Labute approximate surface area is 111 Å². The van der Waals surface area contributed by atoms with Gasteiger partial charge < -0.3 is 10.2 Å². The van der Waals surface area contributed by atoms with E-state index < -0.39 is 5.82 Å². The summed E-state index contributed by atoms with van der Waals surface area (Å²) in [7, 11) is 0. The molecule has 1 atom stereocenters. The second-order valence-corrected chi connectivity index (χ2v) is 4.77. The van der Waals surface area contributed by atoms with Crippen LogP contribution in [0.2, 0.25) is 0 Å². The maximum Gasteiger partial charge on any atom is 0.251 e. The molecule has 0 spiro atoms. The van der Waals surface area contributed by atoms with E-state index in [1.54, 1.807) is 24.0 Å². The molecule has 1 fully saturated rings. The number of carbonyl (C=O) groups excluding carboxylic acids is 2. The van der Waals surface area contributed by atoms with Crippen LogP contribution in [0.5, 0.6) is 0 Å². The fraction of sp³-hybridized carbons (Fsp3) is 0.429. The van der Waals surface area contributed by atoms with Crippen LogP contribution >= 0.6 is 0 Å². The maximum atomic E-state index is 13.4. The lowest BCUT2D eigenvalue weighted by molar-refractivity contribution is -0.127. The smallest absolute Gasteiger partial charge is 0.251 e. The number of nitrogens with zero attached hydrogens (tertiary/aromatic N) is 1. The number of rotatable bonds is 3. The normalized spacial score (nSPS) is 18.8. The van der Waals surface area contributed by atoms with E-state index in [9.17, 15) is 14.0 Å². The zero-order valence-corrected chi connectivity index (χ0v) is 11.1. The fourth-order valence-electron chi connectivity index (χ4n) is 2.18. The van der Waals surface area contributed by atoms with Crippen LogP contribution < -0.4 is 5.32 Å². The van der Waals surface area contributed by atoms with Crippen LogP contribution in [0.25, 0.3) is 0 Å². The number of halogens is 1. The molecule has 0 saturated carbocycles. The number of carbonyl (C=O) groups is 2. The number of likely N-dealkylation sites (N-methyl/N-ethyl adjacent to an activating group) is 1. The average Bonchev–Trinajstić information content (AvgIpc) is 2.72. The van der Waals surface area contributed by atoms with Gasteiger partial charge in [-0.25, -0.2) is 4.39 Å². The Morgan fingerprint density at radius 1 is 1.53 bits per heavy atom. The number of aryl methyl sites for hydroxylation is 1. The Morgan fingerprint density at radius 2 is 2.26 bits per heavy atom. The third-order valence-corrected chi connectivity index (χ3v) is 3.37. The highest BCUT2D eigenvalue weighted by atomic mass is 19.1. The molecule has 0 aliphatic carbocycles. The number of likely N-dealkylation sites (tertiary alicyclic amines) is 1. The molecule has 1 aliphatic rings. The third-order valence-electron chi connectivity index (χ3n) is 3.37. The summed E-state index contributed by atoms with van der Waals surface area (Å²) in [6.07, 6.45) is 0.313. The van der Waals surface area contributed by atoms with Gasteiger partial charge >= 0.3 is 0 Å². The van der Waals surface area contributed by atoms with Crippen molar-refractivity contribution in [3.63, 3.8) is 0 Å². The Bertz CT molecular complexity index is 516. The molecular formula is C14H17FN2O2. The minimum absolute atomic E-state index is 0.0443. The monoisotopic (exact) mass is 264 g/mol. The third kappa shape index (κ3) is 2.92. The summed E-state index contributed by atoms with van der Waals surface area (Å²) < 4.78 is 13.4. The lowest BCUT2D eigenvalue weighted by atomic mass is 10.1. The summed E-state index contributed by atoms with van der Waals surface area (Å²) in [5.74, 6) is -0.692. The van der Waals surface area contributed by atoms with Crippen molar-refractivity contribution in [2.75, 3.05) is 13.1 Å². The van der Waals surface area contributed by atoms with Crippen molar-refractivity contribution in [3.8, 4) is 0 Å². The van der Waals surface area contributed by atoms with E-state index in [1.807, 2.05) is 6.92 Å². The number of nitrogens with one attached hydrogen (secondary N) is 1. The standard InChI is InChI=1S/C14H17FN2O2/c1-3-17-8-11(7-13(17)18)16-14(19)10-5-4-9(2)12(15)6-10/h4-6,11H,3,7-8H2,1-2H3,(H,16,19). The number of amides is 2. The van der Waals surface area contributed by atoms with Crippen molar-refractivity contribution in [3.05, 3.63) is 35.1 Å². The molecule has 1 aromatic carbocycles. The fourth-order valence-corrected chi connectivity index (χ4v) is 2.18. The van der Waals surface area contributed by atoms with Crippen molar-refractivity contribution in [1.29, 1.82) is 0 Å². The Hall–Kier alpha value is -1.91. The predicted octanol–water partition coefficient (Wildman–Crippen LogP) is 1.48. The van der Waals surface area contributed by atoms with Crippen molar-refractivity contribution in [2.45, 2.75) is 26.3 Å². The van der Waals surface area contributed by atoms with E-state index in [-0.39, 0.29) is 23.4 Å². The summed E-state index contributed by atoms with van der Waals surface area (Å²) in [6, 6.07) is 4.19. The average molecular weight is 264 g/mol. The number of hydrogen-bond donors (Lipinski definition) is 1. The molecule has 0 radical (unpaired) electrons. The molecular weight excluding hydrogens is 247 g/mol. The first kappa shape index (κ1) is 13.5. The van der Waals surface area contributed by atoms with Crippen LogP contribution in [0.3, 0.4) is 0 Å². The largest absolute Gasteiger partial charge is 0.347 e. The molecule has 0 bridgehead atoms. The van der Waals surface area contributed by atoms with Gasteiger partial charge in [0.2, 0.25) is 5.91 Å². The van der Waals surface area contributed by atoms with E-state index in [0.717, 1.165) is 0 Å². The highest BCUT2D eigenvalue weighted by Gasteiger charge is 2.29. The summed E-state index contributed by atoms with van der Waals surface area (Å²) in [6.45, 7) is 4.71.